The van der Waals surface area contributed by atoms with Crippen molar-refractivity contribution in [3.63, 3.8) is 0 Å². The van der Waals surface area contributed by atoms with Gasteiger partial charge in [-0.25, -0.2) is 0 Å². The topological polar surface area (TPSA) is 62.8 Å². The van der Waals surface area contributed by atoms with E-state index in [1.807, 2.05) is 36.4 Å². The van der Waals surface area contributed by atoms with Gasteiger partial charge in [-0.15, -0.1) is 0 Å². The molecule has 28 heavy (non-hydrogen) atoms. The summed E-state index contributed by atoms with van der Waals surface area (Å²) in [5, 5.41) is 1.25. The van der Waals surface area contributed by atoms with Crippen molar-refractivity contribution in [1.29, 1.82) is 0 Å². The molecule has 2 aromatic carbocycles. The van der Waals surface area contributed by atoms with Gasteiger partial charge in [0.1, 0.15) is 0 Å². The van der Waals surface area contributed by atoms with Gasteiger partial charge >= 0.3 is 0 Å². The normalized spacial score (nSPS) is 11.2. The van der Waals surface area contributed by atoms with Gasteiger partial charge in [-0.2, -0.15) is 0 Å². The molecule has 0 radical (unpaired) electrons. The van der Waals surface area contributed by atoms with Gasteiger partial charge in [0.15, 0.2) is 5.78 Å². The molecule has 0 fully saturated rings. The SMILES string of the molecule is O=C(/C=C/c1cccnc1)c1c(-c2ccccc2)c2cc(Cl)ccc2[nH]c1=O. The largest absolute Gasteiger partial charge is 0.321 e. The summed E-state index contributed by atoms with van der Waals surface area (Å²) in [6, 6.07) is 18.2. The number of carbonyl (C=O) groups excluding carboxylic acids is 1. The number of benzene rings is 2. The third kappa shape index (κ3) is 3.50. The number of rotatable bonds is 4. The van der Waals surface area contributed by atoms with Crippen molar-refractivity contribution >= 4 is 34.4 Å². The fraction of sp³-hybridized carbons (Fsp3) is 0. The van der Waals surface area contributed by atoms with E-state index in [0.29, 0.717) is 16.1 Å². The Kier molecular flexibility index (Phi) is 4.87. The van der Waals surface area contributed by atoms with Crippen LogP contribution in [0.25, 0.3) is 28.1 Å². The number of aromatic amines is 1. The van der Waals surface area contributed by atoms with Crippen LogP contribution in [0.5, 0.6) is 0 Å². The van der Waals surface area contributed by atoms with Crippen molar-refractivity contribution in [3.8, 4) is 11.1 Å². The van der Waals surface area contributed by atoms with Crippen LogP contribution >= 0.6 is 11.6 Å². The Hall–Kier alpha value is -3.50. The molecular weight excluding hydrogens is 372 g/mol. The predicted octanol–water partition coefficient (Wildman–Crippen LogP) is 5.14. The number of hydrogen-bond acceptors (Lipinski definition) is 3. The number of fused-ring (bicyclic) bond motifs is 1. The van der Waals surface area contributed by atoms with Crippen LogP contribution in [0.3, 0.4) is 0 Å². The van der Waals surface area contributed by atoms with Crippen LogP contribution < -0.4 is 5.56 Å². The molecule has 0 aliphatic rings. The fourth-order valence-corrected chi connectivity index (χ4v) is 3.31. The maximum atomic E-state index is 13.0. The van der Waals surface area contributed by atoms with Crippen LogP contribution in [-0.2, 0) is 0 Å². The van der Waals surface area contributed by atoms with Crippen molar-refractivity contribution in [3.05, 3.63) is 106 Å². The molecule has 0 spiro atoms. The second-order valence-corrected chi connectivity index (χ2v) is 6.68. The summed E-state index contributed by atoms with van der Waals surface area (Å²) in [6.07, 6.45) is 6.34. The van der Waals surface area contributed by atoms with Crippen LogP contribution in [0.4, 0.5) is 0 Å². The number of nitrogens with zero attached hydrogens (tertiary/aromatic N) is 1. The van der Waals surface area contributed by atoms with Crippen LogP contribution in [-0.4, -0.2) is 15.8 Å². The van der Waals surface area contributed by atoms with Crippen molar-refractivity contribution < 1.29 is 4.79 Å². The molecule has 0 saturated heterocycles. The molecule has 0 aliphatic carbocycles. The molecule has 0 saturated carbocycles. The summed E-state index contributed by atoms with van der Waals surface area (Å²) in [7, 11) is 0. The minimum Gasteiger partial charge on any atom is -0.321 e. The van der Waals surface area contributed by atoms with Gasteiger partial charge in [0, 0.05) is 33.9 Å². The molecule has 4 nitrogen and oxygen atoms in total. The summed E-state index contributed by atoms with van der Waals surface area (Å²) >= 11 is 6.19. The average molecular weight is 387 g/mol. The van der Waals surface area contributed by atoms with Crippen LogP contribution in [0.1, 0.15) is 15.9 Å². The molecule has 2 aromatic heterocycles. The van der Waals surface area contributed by atoms with E-state index in [-0.39, 0.29) is 11.3 Å². The van der Waals surface area contributed by atoms with Crippen molar-refractivity contribution in [1.82, 2.24) is 9.97 Å². The Balaban J connectivity index is 1.95. The predicted molar refractivity (Wildman–Crippen MR) is 113 cm³/mol. The van der Waals surface area contributed by atoms with Crippen molar-refractivity contribution in [2.45, 2.75) is 0 Å². The fourth-order valence-electron chi connectivity index (χ4n) is 3.13. The first kappa shape index (κ1) is 17.9. The summed E-state index contributed by atoms with van der Waals surface area (Å²) in [5.41, 5.74) is 2.40. The molecule has 136 valence electrons. The number of ketones is 1. The lowest BCUT2D eigenvalue weighted by molar-refractivity contribution is 0.104. The van der Waals surface area contributed by atoms with Crippen LogP contribution in [0.15, 0.2) is 83.9 Å². The minimum atomic E-state index is -0.436. The number of allylic oxidation sites excluding steroid dienone is 1. The minimum absolute atomic E-state index is 0.0844. The lowest BCUT2D eigenvalue weighted by Crippen LogP contribution is -2.18. The Labute approximate surface area is 166 Å². The van der Waals surface area contributed by atoms with E-state index in [9.17, 15) is 9.59 Å². The summed E-state index contributed by atoms with van der Waals surface area (Å²) in [5.74, 6) is -0.383. The smallest absolute Gasteiger partial charge is 0.260 e. The number of halogens is 1. The Morgan fingerprint density at radius 3 is 2.61 bits per heavy atom. The first-order valence-electron chi connectivity index (χ1n) is 8.67. The molecule has 4 aromatic rings. The molecular formula is C23H15ClN2O2. The van der Waals surface area contributed by atoms with E-state index in [1.165, 1.54) is 6.08 Å². The van der Waals surface area contributed by atoms with Crippen LogP contribution in [0.2, 0.25) is 5.02 Å². The molecule has 1 N–H and O–H groups in total. The third-order valence-corrected chi connectivity index (χ3v) is 4.63. The number of pyridine rings is 2. The highest BCUT2D eigenvalue weighted by Crippen LogP contribution is 2.31. The van der Waals surface area contributed by atoms with Crippen molar-refractivity contribution in [2.75, 3.05) is 0 Å². The van der Waals surface area contributed by atoms with Gasteiger partial charge < -0.3 is 4.98 Å². The first-order chi connectivity index (χ1) is 13.6. The molecule has 0 atom stereocenters. The van der Waals surface area contributed by atoms with E-state index >= 15 is 0 Å². The lowest BCUT2D eigenvalue weighted by atomic mass is 9.94. The Bertz CT molecular complexity index is 1250. The lowest BCUT2D eigenvalue weighted by Gasteiger charge is -2.11. The van der Waals surface area contributed by atoms with Gasteiger partial charge in [-0.3, -0.25) is 14.6 Å². The third-order valence-electron chi connectivity index (χ3n) is 4.40. The van der Waals surface area contributed by atoms with E-state index in [2.05, 4.69) is 9.97 Å². The average Bonchev–Trinajstić information content (AvgIpc) is 2.73. The maximum Gasteiger partial charge on any atom is 0.260 e. The summed E-state index contributed by atoms with van der Waals surface area (Å²) < 4.78 is 0. The molecule has 0 bridgehead atoms. The van der Waals surface area contributed by atoms with E-state index in [1.54, 1.807) is 42.7 Å². The maximum absolute atomic E-state index is 13.0. The Morgan fingerprint density at radius 2 is 1.86 bits per heavy atom. The first-order valence-corrected chi connectivity index (χ1v) is 9.05. The van der Waals surface area contributed by atoms with Gasteiger partial charge in [-0.1, -0.05) is 48.0 Å². The second-order valence-electron chi connectivity index (χ2n) is 6.24. The second kappa shape index (κ2) is 7.62. The van der Waals surface area contributed by atoms with E-state index < -0.39 is 5.56 Å². The van der Waals surface area contributed by atoms with Gasteiger partial charge in [0.05, 0.1) is 5.56 Å². The van der Waals surface area contributed by atoms with Gasteiger partial charge in [-0.05, 0) is 47.5 Å². The number of H-pyrrole nitrogens is 1. The molecule has 5 heteroatoms. The highest BCUT2D eigenvalue weighted by molar-refractivity contribution is 6.31. The number of hydrogen-bond donors (Lipinski definition) is 1. The molecule has 0 amide bonds. The monoisotopic (exact) mass is 386 g/mol. The quantitative estimate of drug-likeness (QED) is 0.390. The highest BCUT2D eigenvalue weighted by Gasteiger charge is 2.19. The number of aromatic nitrogens is 2. The number of nitrogens with one attached hydrogen (secondary N) is 1. The van der Waals surface area contributed by atoms with Crippen LogP contribution in [0, 0.1) is 0 Å². The van der Waals surface area contributed by atoms with Gasteiger partial charge in [0.25, 0.3) is 5.56 Å². The molecule has 4 rings (SSSR count). The standard InChI is InChI=1S/C23H15ClN2O2/c24-17-9-10-19-18(13-17)21(16-6-2-1-3-7-16)22(23(28)26-19)20(27)11-8-15-5-4-12-25-14-15/h1-14H,(H,26,28)/b11-8+. The van der Waals surface area contributed by atoms with E-state index in [4.69, 9.17) is 11.6 Å². The van der Waals surface area contributed by atoms with Gasteiger partial charge in [0.2, 0.25) is 0 Å². The molecule has 0 aliphatic heterocycles. The Morgan fingerprint density at radius 1 is 1.04 bits per heavy atom. The molecule has 2 heterocycles. The zero-order valence-corrected chi connectivity index (χ0v) is 15.5. The molecule has 0 unspecified atom stereocenters. The number of carbonyl (C=O) groups is 1. The highest BCUT2D eigenvalue weighted by atomic mass is 35.5. The van der Waals surface area contributed by atoms with E-state index in [0.717, 1.165) is 16.5 Å². The summed E-state index contributed by atoms with van der Waals surface area (Å²) in [6.45, 7) is 0. The summed E-state index contributed by atoms with van der Waals surface area (Å²) in [4.78, 5) is 32.6. The zero-order chi connectivity index (χ0) is 19.5. The van der Waals surface area contributed by atoms with Crippen molar-refractivity contribution in [2.24, 2.45) is 0 Å². The zero-order valence-electron chi connectivity index (χ0n) is 14.7.